The number of halogens is 1. The lowest BCUT2D eigenvalue weighted by molar-refractivity contribution is 0.249. The number of amides is 2. The molecule has 0 saturated heterocycles. The fourth-order valence-electron chi connectivity index (χ4n) is 0.960. The molecular weight excluding hydrogens is 278 g/mol. The van der Waals surface area contributed by atoms with E-state index in [1.807, 2.05) is 0 Å². The summed E-state index contributed by atoms with van der Waals surface area (Å²) < 4.78 is 0.622. The predicted molar refractivity (Wildman–Crippen MR) is 63.6 cm³/mol. The Morgan fingerprint density at radius 3 is 2.69 bits per heavy atom. The second-order valence-electron chi connectivity index (χ2n) is 2.75. The standard InChI is InChI=1S/C7H12BrN7O/c8-4-5(11-1-2-12-7(9)16)13-3-14-6(4)15-10/h3H,1-2,10H2,(H3,9,12,16)(H2,11,13,14,15). The van der Waals surface area contributed by atoms with Crippen molar-refractivity contribution in [1.29, 1.82) is 0 Å². The summed E-state index contributed by atoms with van der Waals surface area (Å²) in [5.74, 6) is 6.29. The molecule has 0 spiro atoms. The van der Waals surface area contributed by atoms with Gasteiger partial charge in [-0.2, -0.15) is 0 Å². The number of anilines is 2. The highest BCUT2D eigenvalue weighted by atomic mass is 79.9. The molecular formula is C7H12BrN7O. The average Bonchev–Trinajstić information content (AvgIpc) is 2.26. The monoisotopic (exact) mass is 289 g/mol. The number of nitrogen functional groups attached to an aromatic ring is 1. The topological polar surface area (TPSA) is 131 Å². The molecule has 0 aliphatic carbocycles. The molecule has 0 aromatic carbocycles. The van der Waals surface area contributed by atoms with Gasteiger partial charge in [0.25, 0.3) is 0 Å². The van der Waals surface area contributed by atoms with Crippen LogP contribution in [0.15, 0.2) is 10.8 Å². The molecule has 0 saturated carbocycles. The quantitative estimate of drug-likeness (QED) is 0.285. The molecule has 1 aromatic rings. The minimum absolute atomic E-state index is 0.400. The number of aromatic nitrogens is 2. The number of primary amides is 1. The first-order valence-electron chi connectivity index (χ1n) is 4.39. The molecule has 0 atom stereocenters. The van der Waals surface area contributed by atoms with Crippen LogP contribution in [0.1, 0.15) is 0 Å². The lowest BCUT2D eigenvalue weighted by Gasteiger charge is -2.09. The van der Waals surface area contributed by atoms with Crippen LogP contribution in [0.5, 0.6) is 0 Å². The molecule has 88 valence electrons. The van der Waals surface area contributed by atoms with E-state index in [0.717, 1.165) is 0 Å². The molecule has 0 fully saturated rings. The second-order valence-corrected chi connectivity index (χ2v) is 3.54. The number of nitrogens with zero attached hydrogens (tertiary/aromatic N) is 2. The van der Waals surface area contributed by atoms with Crippen LogP contribution in [0.2, 0.25) is 0 Å². The average molecular weight is 290 g/mol. The molecule has 0 unspecified atom stereocenters. The molecule has 0 bridgehead atoms. The minimum atomic E-state index is -0.562. The van der Waals surface area contributed by atoms with Gasteiger partial charge < -0.3 is 21.8 Å². The van der Waals surface area contributed by atoms with E-state index in [-0.39, 0.29) is 0 Å². The predicted octanol–water partition coefficient (Wildman–Crippen LogP) is -0.395. The lowest BCUT2D eigenvalue weighted by Crippen LogP contribution is -2.33. The zero-order valence-corrected chi connectivity index (χ0v) is 9.91. The van der Waals surface area contributed by atoms with Crippen molar-refractivity contribution in [3.63, 3.8) is 0 Å². The molecule has 2 amide bonds. The van der Waals surface area contributed by atoms with E-state index in [4.69, 9.17) is 11.6 Å². The normalized spacial score (nSPS) is 9.62. The van der Waals surface area contributed by atoms with Gasteiger partial charge in [-0.25, -0.2) is 20.6 Å². The maximum atomic E-state index is 10.4. The first kappa shape index (κ1) is 12.5. The van der Waals surface area contributed by atoms with E-state index < -0.39 is 6.03 Å². The Kier molecular flexibility index (Phi) is 4.73. The van der Waals surface area contributed by atoms with Gasteiger partial charge in [-0.1, -0.05) is 0 Å². The van der Waals surface area contributed by atoms with E-state index >= 15 is 0 Å². The van der Waals surface area contributed by atoms with E-state index in [0.29, 0.717) is 29.2 Å². The Balaban J connectivity index is 2.50. The van der Waals surface area contributed by atoms with Crippen LogP contribution in [0.4, 0.5) is 16.4 Å². The highest BCUT2D eigenvalue weighted by molar-refractivity contribution is 9.10. The molecule has 16 heavy (non-hydrogen) atoms. The van der Waals surface area contributed by atoms with E-state index in [1.165, 1.54) is 6.33 Å². The van der Waals surface area contributed by atoms with Crippen molar-refractivity contribution in [1.82, 2.24) is 15.3 Å². The minimum Gasteiger partial charge on any atom is -0.367 e. The number of rotatable bonds is 5. The number of carbonyl (C=O) groups is 1. The van der Waals surface area contributed by atoms with Crippen molar-refractivity contribution in [2.45, 2.75) is 0 Å². The van der Waals surface area contributed by atoms with Crippen LogP contribution in [0.3, 0.4) is 0 Å². The third-order valence-electron chi connectivity index (χ3n) is 1.64. The van der Waals surface area contributed by atoms with Gasteiger partial charge in [0.15, 0.2) is 5.82 Å². The molecule has 9 heteroatoms. The van der Waals surface area contributed by atoms with Crippen LogP contribution >= 0.6 is 15.9 Å². The van der Waals surface area contributed by atoms with Gasteiger partial charge in [0.1, 0.15) is 16.6 Å². The summed E-state index contributed by atoms with van der Waals surface area (Å²) in [6.07, 6.45) is 1.36. The maximum Gasteiger partial charge on any atom is 0.312 e. The molecule has 0 aliphatic heterocycles. The number of nitrogens with one attached hydrogen (secondary N) is 3. The van der Waals surface area contributed by atoms with E-state index in [9.17, 15) is 4.79 Å². The van der Waals surface area contributed by atoms with Crippen LogP contribution in [0.25, 0.3) is 0 Å². The van der Waals surface area contributed by atoms with Gasteiger partial charge in [-0.15, -0.1) is 0 Å². The Hall–Kier alpha value is -1.61. The van der Waals surface area contributed by atoms with Crippen LogP contribution in [0, 0.1) is 0 Å². The highest BCUT2D eigenvalue weighted by Gasteiger charge is 2.06. The summed E-state index contributed by atoms with van der Waals surface area (Å²) in [5, 5.41) is 5.42. The molecule has 8 nitrogen and oxygen atoms in total. The van der Waals surface area contributed by atoms with E-state index in [2.05, 4.69) is 42.0 Å². The summed E-state index contributed by atoms with van der Waals surface area (Å²) in [6, 6.07) is -0.562. The number of urea groups is 1. The van der Waals surface area contributed by atoms with Crippen molar-refractivity contribution in [2.24, 2.45) is 11.6 Å². The number of hydrogen-bond donors (Lipinski definition) is 5. The highest BCUT2D eigenvalue weighted by Crippen LogP contribution is 2.25. The van der Waals surface area contributed by atoms with Crippen LogP contribution < -0.4 is 27.6 Å². The number of hydrazine groups is 1. The second kappa shape index (κ2) is 6.08. The lowest BCUT2D eigenvalue weighted by atomic mass is 10.5. The smallest absolute Gasteiger partial charge is 0.312 e. The van der Waals surface area contributed by atoms with Gasteiger partial charge in [-0.3, -0.25) is 0 Å². The zero-order chi connectivity index (χ0) is 12.0. The van der Waals surface area contributed by atoms with Crippen molar-refractivity contribution in [2.75, 3.05) is 23.8 Å². The Morgan fingerprint density at radius 1 is 1.38 bits per heavy atom. The van der Waals surface area contributed by atoms with Crippen LogP contribution in [-0.2, 0) is 0 Å². The molecule has 1 rings (SSSR count). The first-order chi connectivity index (χ1) is 7.65. The first-order valence-corrected chi connectivity index (χ1v) is 5.18. The fourth-order valence-corrected chi connectivity index (χ4v) is 1.42. The summed E-state index contributed by atoms with van der Waals surface area (Å²) >= 11 is 3.28. The zero-order valence-electron chi connectivity index (χ0n) is 8.33. The summed E-state index contributed by atoms with van der Waals surface area (Å²) in [5.41, 5.74) is 7.32. The van der Waals surface area contributed by atoms with Gasteiger partial charge >= 0.3 is 6.03 Å². The maximum absolute atomic E-state index is 10.4. The van der Waals surface area contributed by atoms with E-state index in [1.54, 1.807) is 0 Å². The molecule has 1 aromatic heterocycles. The largest absolute Gasteiger partial charge is 0.367 e. The molecule has 7 N–H and O–H groups in total. The molecule has 0 radical (unpaired) electrons. The summed E-state index contributed by atoms with van der Waals surface area (Å²) in [7, 11) is 0. The Bertz CT molecular complexity index is 372. The number of nitrogens with two attached hydrogens (primary N) is 2. The SMILES string of the molecule is NNc1ncnc(NCCNC(N)=O)c1Br. The Morgan fingerprint density at radius 2 is 2.06 bits per heavy atom. The van der Waals surface area contributed by atoms with Gasteiger partial charge in [-0.05, 0) is 15.9 Å². The third kappa shape index (κ3) is 3.51. The molecule has 1 heterocycles. The number of carbonyl (C=O) groups excluding carboxylic acids is 1. The van der Waals surface area contributed by atoms with Crippen molar-refractivity contribution < 1.29 is 4.79 Å². The van der Waals surface area contributed by atoms with Gasteiger partial charge in [0, 0.05) is 13.1 Å². The van der Waals surface area contributed by atoms with Crippen molar-refractivity contribution in [3.8, 4) is 0 Å². The summed E-state index contributed by atoms with van der Waals surface area (Å²) in [6.45, 7) is 0.889. The Labute approximate surface area is 100 Å². The number of hydrogen-bond acceptors (Lipinski definition) is 6. The fraction of sp³-hybridized carbons (Fsp3) is 0.286. The van der Waals surface area contributed by atoms with Gasteiger partial charge in [0.05, 0.1) is 0 Å². The van der Waals surface area contributed by atoms with Crippen molar-refractivity contribution >= 4 is 33.6 Å². The summed E-state index contributed by atoms with van der Waals surface area (Å²) in [4.78, 5) is 18.3. The van der Waals surface area contributed by atoms with Gasteiger partial charge in [0.2, 0.25) is 0 Å². The molecule has 0 aliphatic rings. The van der Waals surface area contributed by atoms with Crippen LogP contribution in [-0.4, -0.2) is 29.1 Å². The van der Waals surface area contributed by atoms with Crippen molar-refractivity contribution in [3.05, 3.63) is 10.8 Å². The third-order valence-corrected chi connectivity index (χ3v) is 2.39.